The van der Waals surface area contributed by atoms with E-state index in [4.69, 9.17) is 4.74 Å². The molecule has 0 unspecified atom stereocenters. The van der Waals surface area contributed by atoms with E-state index >= 15 is 0 Å². The van der Waals surface area contributed by atoms with Gasteiger partial charge in [-0.15, -0.1) is 0 Å². The fraction of sp³-hybridized carbons (Fsp3) is 0.278. The molecule has 0 spiro atoms. The van der Waals surface area contributed by atoms with Crippen molar-refractivity contribution in [3.05, 3.63) is 54.1 Å². The first-order valence-corrected chi connectivity index (χ1v) is 6.98. The summed E-state index contributed by atoms with van der Waals surface area (Å²) >= 11 is 0. The maximum absolute atomic E-state index is 11.9. The molecule has 0 aliphatic carbocycles. The molecule has 0 atom stereocenters. The zero-order valence-corrected chi connectivity index (χ0v) is 12.1. The number of carbonyl (C=O) groups excluding carboxylic acids is 1. The van der Waals surface area contributed by atoms with Gasteiger partial charge in [0.25, 0.3) is 0 Å². The molecule has 2 rings (SSSR count). The molecule has 0 radical (unpaired) electrons. The summed E-state index contributed by atoms with van der Waals surface area (Å²) in [7, 11) is 0. The van der Waals surface area contributed by atoms with Crippen molar-refractivity contribution in [3.63, 3.8) is 0 Å². The van der Waals surface area contributed by atoms with Gasteiger partial charge in [0, 0.05) is 0 Å². The van der Waals surface area contributed by atoms with Crippen LogP contribution in [0, 0.1) is 6.92 Å². The number of hydrogen-bond acceptors (Lipinski definition) is 2. The lowest BCUT2D eigenvalue weighted by atomic mass is 10.0. The third-order valence-electron chi connectivity index (χ3n) is 3.32. The van der Waals surface area contributed by atoms with Gasteiger partial charge < -0.3 is 4.74 Å². The summed E-state index contributed by atoms with van der Waals surface area (Å²) in [4.78, 5) is 11.9. The molecule has 2 nitrogen and oxygen atoms in total. The lowest BCUT2D eigenvalue weighted by molar-refractivity contribution is -0.136. The zero-order chi connectivity index (χ0) is 14.5. The van der Waals surface area contributed by atoms with Gasteiger partial charge in [-0.25, -0.2) is 4.79 Å². The number of fused-ring (bicyclic) bond motifs is 1. The standard InChI is InChI=1S/C18H20O2/c1-4-5-10-20-18(19)14(3)15-8-9-16-11-13(2)6-7-17(16)12-15/h6-9,11-12H,3-5,10H2,1-2H3. The van der Waals surface area contributed by atoms with E-state index in [-0.39, 0.29) is 5.97 Å². The van der Waals surface area contributed by atoms with E-state index in [1.807, 2.05) is 18.2 Å². The molecule has 104 valence electrons. The highest BCUT2D eigenvalue weighted by Crippen LogP contribution is 2.22. The SMILES string of the molecule is C=C(C(=O)OCCCC)c1ccc2cc(C)ccc2c1. The van der Waals surface area contributed by atoms with Crippen LogP contribution >= 0.6 is 0 Å². The molecule has 2 aromatic carbocycles. The Balaban J connectivity index is 2.18. The van der Waals surface area contributed by atoms with E-state index in [0.717, 1.165) is 23.8 Å². The van der Waals surface area contributed by atoms with Crippen molar-refractivity contribution in [1.29, 1.82) is 0 Å². The smallest absolute Gasteiger partial charge is 0.338 e. The van der Waals surface area contributed by atoms with Gasteiger partial charge in [-0.3, -0.25) is 0 Å². The van der Waals surface area contributed by atoms with E-state index < -0.39 is 0 Å². The molecular weight excluding hydrogens is 248 g/mol. The summed E-state index contributed by atoms with van der Waals surface area (Å²) in [6.07, 6.45) is 1.89. The fourth-order valence-corrected chi connectivity index (χ4v) is 2.07. The normalized spacial score (nSPS) is 10.5. The second-order valence-electron chi connectivity index (χ2n) is 5.03. The molecular formula is C18H20O2. The highest BCUT2D eigenvalue weighted by molar-refractivity contribution is 6.16. The van der Waals surface area contributed by atoms with Gasteiger partial charge in [0.05, 0.1) is 12.2 Å². The van der Waals surface area contributed by atoms with Crippen LogP contribution in [0.3, 0.4) is 0 Å². The van der Waals surface area contributed by atoms with Crippen LogP contribution in [-0.2, 0) is 9.53 Å². The van der Waals surface area contributed by atoms with E-state index in [9.17, 15) is 4.79 Å². The molecule has 0 aromatic heterocycles. The molecule has 0 bridgehead atoms. The minimum absolute atomic E-state index is 0.329. The first-order chi connectivity index (χ1) is 9.61. The minimum Gasteiger partial charge on any atom is -0.462 e. The van der Waals surface area contributed by atoms with Crippen LogP contribution in [0.1, 0.15) is 30.9 Å². The van der Waals surface area contributed by atoms with Crippen LogP contribution in [0.4, 0.5) is 0 Å². The fourth-order valence-electron chi connectivity index (χ4n) is 2.07. The van der Waals surface area contributed by atoms with Gasteiger partial charge in [-0.2, -0.15) is 0 Å². The second kappa shape index (κ2) is 6.38. The lowest BCUT2D eigenvalue weighted by Gasteiger charge is -2.08. The van der Waals surface area contributed by atoms with Crippen molar-refractivity contribution in [2.45, 2.75) is 26.7 Å². The Morgan fingerprint density at radius 1 is 1.15 bits per heavy atom. The van der Waals surface area contributed by atoms with Gasteiger partial charge in [0.2, 0.25) is 0 Å². The van der Waals surface area contributed by atoms with Crippen molar-refractivity contribution >= 4 is 22.3 Å². The predicted octanol–water partition coefficient (Wildman–Crippen LogP) is 4.50. The third kappa shape index (κ3) is 3.27. The predicted molar refractivity (Wildman–Crippen MR) is 83.6 cm³/mol. The number of ether oxygens (including phenoxy) is 1. The molecule has 20 heavy (non-hydrogen) atoms. The van der Waals surface area contributed by atoms with Gasteiger partial charge in [0.15, 0.2) is 0 Å². The second-order valence-corrected chi connectivity index (χ2v) is 5.03. The van der Waals surface area contributed by atoms with Crippen LogP contribution in [0.25, 0.3) is 16.3 Å². The van der Waals surface area contributed by atoms with Crippen molar-refractivity contribution in [1.82, 2.24) is 0 Å². The van der Waals surface area contributed by atoms with Crippen molar-refractivity contribution in [2.24, 2.45) is 0 Å². The minimum atomic E-state index is -0.329. The van der Waals surface area contributed by atoms with Crippen LogP contribution in [-0.4, -0.2) is 12.6 Å². The highest BCUT2D eigenvalue weighted by atomic mass is 16.5. The quantitative estimate of drug-likeness (QED) is 0.453. The first kappa shape index (κ1) is 14.3. The molecule has 2 heteroatoms. The van der Waals surface area contributed by atoms with E-state index in [1.165, 1.54) is 10.9 Å². The summed E-state index contributed by atoms with van der Waals surface area (Å²) in [6, 6.07) is 12.2. The summed E-state index contributed by atoms with van der Waals surface area (Å²) in [5.74, 6) is -0.329. The van der Waals surface area contributed by atoms with E-state index in [1.54, 1.807) is 0 Å². The summed E-state index contributed by atoms with van der Waals surface area (Å²) < 4.78 is 5.19. The Bertz CT molecular complexity index is 641. The van der Waals surface area contributed by atoms with Gasteiger partial charge in [0.1, 0.15) is 0 Å². The largest absolute Gasteiger partial charge is 0.462 e. The molecule has 0 saturated carbocycles. The number of carbonyl (C=O) groups is 1. The van der Waals surface area contributed by atoms with Gasteiger partial charge >= 0.3 is 5.97 Å². The maximum atomic E-state index is 11.9. The summed E-state index contributed by atoms with van der Waals surface area (Å²) in [6.45, 7) is 8.44. The molecule has 0 fully saturated rings. The number of benzene rings is 2. The number of esters is 1. The van der Waals surface area contributed by atoms with E-state index in [2.05, 4.69) is 38.6 Å². The van der Waals surface area contributed by atoms with Gasteiger partial charge in [-0.1, -0.05) is 55.8 Å². The van der Waals surface area contributed by atoms with Crippen molar-refractivity contribution < 1.29 is 9.53 Å². The Labute approximate surface area is 120 Å². The summed E-state index contributed by atoms with van der Waals surface area (Å²) in [5.41, 5.74) is 2.47. The van der Waals surface area contributed by atoms with Crippen LogP contribution in [0.5, 0.6) is 0 Å². The van der Waals surface area contributed by atoms with E-state index in [0.29, 0.717) is 12.2 Å². The van der Waals surface area contributed by atoms with Crippen LogP contribution in [0.15, 0.2) is 43.0 Å². The highest BCUT2D eigenvalue weighted by Gasteiger charge is 2.11. The third-order valence-corrected chi connectivity index (χ3v) is 3.32. The molecule has 0 N–H and O–H groups in total. The number of hydrogen-bond donors (Lipinski definition) is 0. The van der Waals surface area contributed by atoms with Crippen molar-refractivity contribution in [3.8, 4) is 0 Å². The Hall–Kier alpha value is -2.09. The average Bonchev–Trinajstić information content (AvgIpc) is 2.46. The molecule has 0 aliphatic rings. The maximum Gasteiger partial charge on any atom is 0.338 e. The topological polar surface area (TPSA) is 26.3 Å². The lowest BCUT2D eigenvalue weighted by Crippen LogP contribution is -2.07. The monoisotopic (exact) mass is 268 g/mol. The number of unbranched alkanes of at least 4 members (excludes halogenated alkanes) is 1. The first-order valence-electron chi connectivity index (χ1n) is 6.98. The van der Waals surface area contributed by atoms with Crippen molar-refractivity contribution in [2.75, 3.05) is 6.61 Å². The Morgan fingerprint density at radius 2 is 1.85 bits per heavy atom. The number of aryl methyl sites for hydroxylation is 1. The molecule has 0 aliphatic heterocycles. The average molecular weight is 268 g/mol. The molecule has 0 heterocycles. The Morgan fingerprint density at radius 3 is 2.60 bits per heavy atom. The number of rotatable bonds is 5. The molecule has 0 amide bonds. The van der Waals surface area contributed by atoms with Gasteiger partial charge in [-0.05, 0) is 35.7 Å². The van der Waals surface area contributed by atoms with Crippen LogP contribution in [0.2, 0.25) is 0 Å². The Kier molecular flexibility index (Phi) is 4.57. The zero-order valence-electron chi connectivity index (χ0n) is 12.1. The summed E-state index contributed by atoms with van der Waals surface area (Å²) in [5, 5.41) is 2.27. The molecule has 0 saturated heterocycles. The van der Waals surface area contributed by atoms with Crippen LogP contribution < -0.4 is 0 Å². The molecule has 2 aromatic rings.